The van der Waals surface area contributed by atoms with Crippen LogP contribution in [0.15, 0.2) is 51.9 Å². The van der Waals surface area contributed by atoms with Gasteiger partial charge in [0.1, 0.15) is 0 Å². The highest BCUT2D eigenvalue weighted by Gasteiger charge is 2.16. The minimum Gasteiger partial charge on any atom is -0.334 e. The van der Waals surface area contributed by atoms with E-state index in [4.69, 9.17) is 27.7 Å². The molecule has 124 valence electrons. The Bertz CT molecular complexity index is 965. The number of hydrogen-bond acceptors (Lipinski definition) is 5. The first kappa shape index (κ1) is 16.8. The van der Waals surface area contributed by atoms with Crippen molar-refractivity contribution in [2.45, 2.75) is 11.8 Å². The molecule has 6 nitrogen and oxygen atoms in total. The molecular weight excluding hydrogens is 373 g/mol. The van der Waals surface area contributed by atoms with E-state index in [1.165, 1.54) is 18.2 Å². The molecule has 9 heteroatoms. The van der Waals surface area contributed by atoms with Crippen LogP contribution in [0.3, 0.4) is 0 Å². The Morgan fingerprint density at radius 3 is 2.21 bits per heavy atom. The van der Waals surface area contributed by atoms with Crippen molar-refractivity contribution in [1.29, 1.82) is 0 Å². The molecule has 3 aromatic rings. The van der Waals surface area contributed by atoms with Crippen molar-refractivity contribution >= 4 is 38.9 Å². The fourth-order valence-corrected chi connectivity index (χ4v) is 3.78. The molecule has 1 heterocycles. The molecule has 24 heavy (non-hydrogen) atoms. The van der Waals surface area contributed by atoms with Gasteiger partial charge in [-0.25, -0.2) is 8.42 Å². The SMILES string of the molecule is Cc1noc(-c2ccc(NS(=O)(=O)c3cc(Cl)cc(Cl)c3)cc2)n1. The van der Waals surface area contributed by atoms with Crippen LogP contribution >= 0.6 is 23.2 Å². The summed E-state index contributed by atoms with van der Waals surface area (Å²) >= 11 is 11.7. The van der Waals surface area contributed by atoms with Gasteiger partial charge in [-0.15, -0.1) is 0 Å². The first-order valence-electron chi connectivity index (χ1n) is 6.73. The second-order valence-corrected chi connectivity index (χ2v) is 7.49. The molecule has 0 aliphatic heterocycles. The quantitative estimate of drug-likeness (QED) is 0.730. The summed E-state index contributed by atoms with van der Waals surface area (Å²) < 4.78 is 32.3. The average molecular weight is 384 g/mol. The van der Waals surface area contributed by atoms with Crippen LogP contribution in [0.1, 0.15) is 5.82 Å². The van der Waals surface area contributed by atoms with Crippen LogP contribution in [0, 0.1) is 6.92 Å². The van der Waals surface area contributed by atoms with E-state index in [0.29, 0.717) is 23.0 Å². The number of rotatable bonds is 4. The van der Waals surface area contributed by atoms with Gasteiger partial charge in [0.15, 0.2) is 5.82 Å². The monoisotopic (exact) mass is 383 g/mol. The Morgan fingerprint density at radius 2 is 1.67 bits per heavy atom. The van der Waals surface area contributed by atoms with Gasteiger partial charge in [0.2, 0.25) is 0 Å². The molecule has 0 unspecified atom stereocenters. The van der Waals surface area contributed by atoms with Crippen molar-refractivity contribution in [3.8, 4) is 11.5 Å². The van der Waals surface area contributed by atoms with Crippen molar-refractivity contribution < 1.29 is 12.9 Å². The minimum atomic E-state index is -3.80. The third kappa shape index (κ3) is 3.69. The maximum absolute atomic E-state index is 12.4. The summed E-state index contributed by atoms with van der Waals surface area (Å²) in [6.07, 6.45) is 0. The van der Waals surface area contributed by atoms with E-state index >= 15 is 0 Å². The lowest BCUT2D eigenvalue weighted by Crippen LogP contribution is -2.12. The number of anilines is 1. The third-order valence-corrected chi connectivity index (χ3v) is 4.86. The molecule has 0 aliphatic carbocycles. The molecule has 0 aliphatic rings. The van der Waals surface area contributed by atoms with E-state index in [9.17, 15) is 8.42 Å². The summed E-state index contributed by atoms with van der Waals surface area (Å²) in [5, 5.41) is 4.19. The lowest BCUT2D eigenvalue weighted by atomic mass is 10.2. The summed E-state index contributed by atoms with van der Waals surface area (Å²) in [7, 11) is -3.80. The number of aryl methyl sites for hydroxylation is 1. The topological polar surface area (TPSA) is 85.1 Å². The van der Waals surface area contributed by atoms with Gasteiger partial charge in [-0.2, -0.15) is 4.98 Å². The zero-order valence-corrected chi connectivity index (χ0v) is 14.7. The highest BCUT2D eigenvalue weighted by Crippen LogP contribution is 2.25. The Balaban J connectivity index is 1.85. The molecular formula is C15H11Cl2N3O3S. The van der Waals surface area contributed by atoms with Crippen LogP contribution in [-0.4, -0.2) is 18.6 Å². The third-order valence-electron chi connectivity index (χ3n) is 3.06. The molecule has 0 fully saturated rings. The number of hydrogen-bond donors (Lipinski definition) is 1. The molecule has 3 rings (SSSR count). The number of sulfonamides is 1. The fraction of sp³-hybridized carbons (Fsp3) is 0.0667. The Kier molecular flexibility index (Phi) is 4.49. The number of nitrogens with one attached hydrogen (secondary N) is 1. The fourth-order valence-electron chi connectivity index (χ4n) is 1.99. The van der Waals surface area contributed by atoms with Crippen molar-refractivity contribution in [1.82, 2.24) is 10.1 Å². The maximum Gasteiger partial charge on any atom is 0.261 e. The van der Waals surface area contributed by atoms with Crippen LogP contribution in [0.5, 0.6) is 0 Å². The van der Waals surface area contributed by atoms with Crippen LogP contribution in [0.25, 0.3) is 11.5 Å². The molecule has 1 N–H and O–H groups in total. The van der Waals surface area contributed by atoms with Crippen molar-refractivity contribution in [2.75, 3.05) is 4.72 Å². The van der Waals surface area contributed by atoms with E-state index in [1.54, 1.807) is 31.2 Å². The lowest BCUT2D eigenvalue weighted by Gasteiger charge is -2.09. The van der Waals surface area contributed by atoms with Gasteiger partial charge in [0.05, 0.1) is 4.90 Å². The van der Waals surface area contributed by atoms with Crippen molar-refractivity contribution in [2.24, 2.45) is 0 Å². The van der Waals surface area contributed by atoms with E-state index < -0.39 is 10.0 Å². The second kappa shape index (κ2) is 6.43. The predicted octanol–water partition coefficient (Wildman–Crippen LogP) is 4.15. The van der Waals surface area contributed by atoms with Crippen LogP contribution in [0.4, 0.5) is 5.69 Å². The summed E-state index contributed by atoms with van der Waals surface area (Å²) in [5.74, 6) is 0.885. The first-order chi connectivity index (χ1) is 11.3. The summed E-state index contributed by atoms with van der Waals surface area (Å²) in [6, 6.07) is 10.7. The molecule has 0 saturated carbocycles. The normalized spacial score (nSPS) is 11.5. The van der Waals surface area contributed by atoms with E-state index in [2.05, 4.69) is 14.9 Å². The first-order valence-corrected chi connectivity index (χ1v) is 8.97. The van der Waals surface area contributed by atoms with Crippen LogP contribution < -0.4 is 4.72 Å². The molecule has 0 saturated heterocycles. The number of aromatic nitrogens is 2. The highest BCUT2D eigenvalue weighted by atomic mass is 35.5. The van der Waals surface area contributed by atoms with E-state index in [-0.39, 0.29) is 14.9 Å². The van der Waals surface area contributed by atoms with Gasteiger partial charge in [-0.05, 0) is 49.4 Å². The Morgan fingerprint density at radius 1 is 1.04 bits per heavy atom. The van der Waals surface area contributed by atoms with Gasteiger partial charge < -0.3 is 4.52 Å². The van der Waals surface area contributed by atoms with Gasteiger partial charge >= 0.3 is 0 Å². The molecule has 2 aromatic carbocycles. The zero-order valence-electron chi connectivity index (χ0n) is 12.3. The lowest BCUT2D eigenvalue weighted by molar-refractivity contribution is 0.425. The number of halogens is 2. The Hall–Kier alpha value is -2.09. The molecule has 0 bridgehead atoms. The van der Waals surface area contributed by atoms with Gasteiger partial charge in [0.25, 0.3) is 15.9 Å². The molecule has 0 amide bonds. The summed E-state index contributed by atoms with van der Waals surface area (Å²) in [4.78, 5) is 4.09. The van der Waals surface area contributed by atoms with Crippen LogP contribution in [0.2, 0.25) is 10.0 Å². The second-order valence-electron chi connectivity index (χ2n) is 4.93. The van der Waals surface area contributed by atoms with Gasteiger partial charge in [0, 0.05) is 21.3 Å². The number of benzene rings is 2. The standard InChI is InChI=1S/C15H11Cl2N3O3S/c1-9-18-15(23-19-9)10-2-4-13(5-3-10)20-24(21,22)14-7-11(16)6-12(17)8-14/h2-8,20H,1H3. The van der Waals surface area contributed by atoms with Crippen molar-refractivity contribution in [3.63, 3.8) is 0 Å². The molecule has 0 atom stereocenters. The predicted molar refractivity (Wildman–Crippen MR) is 91.7 cm³/mol. The van der Waals surface area contributed by atoms with E-state index in [0.717, 1.165) is 0 Å². The summed E-state index contributed by atoms with van der Waals surface area (Å²) in [5.41, 5.74) is 1.07. The average Bonchev–Trinajstić information content (AvgIpc) is 2.93. The summed E-state index contributed by atoms with van der Waals surface area (Å²) in [6.45, 7) is 1.71. The largest absolute Gasteiger partial charge is 0.334 e. The Labute approximate surface area is 148 Å². The van der Waals surface area contributed by atoms with Crippen LogP contribution in [-0.2, 0) is 10.0 Å². The maximum atomic E-state index is 12.4. The zero-order chi connectivity index (χ0) is 17.3. The molecule has 0 radical (unpaired) electrons. The highest BCUT2D eigenvalue weighted by molar-refractivity contribution is 7.92. The molecule has 1 aromatic heterocycles. The smallest absolute Gasteiger partial charge is 0.261 e. The van der Waals surface area contributed by atoms with E-state index in [1.807, 2.05) is 0 Å². The van der Waals surface area contributed by atoms with Gasteiger partial charge in [-0.1, -0.05) is 28.4 Å². The van der Waals surface area contributed by atoms with Gasteiger partial charge in [-0.3, -0.25) is 4.72 Å². The van der Waals surface area contributed by atoms with Crippen molar-refractivity contribution in [3.05, 3.63) is 58.3 Å². The molecule has 0 spiro atoms. The number of nitrogens with zero attached hydrogens (tertiary/aromatic N) is 2. The minimum absolute atomic E-state index is 0.0170.